The molecule has 0 aromatic heterocycles. The lowest BCUT2D eigenvalue weighted by Gasteiger charge is -2.27. The zero-order valence-electron chi connectivity index (χ0n) is 16.5. The third-order valence-electron chi connectivity index (χ3n) is 5.19. The van der Waals surface area contributed by atoms with Crippen LogP contribution in [0.5, 0.6) is 0 Å². The van der Waals surface area contributed by atoms with Gasteiger partial charge in [-0.25, -0.2) is 0 Å². The van der Waals surface area contributed by atoms with Crippen LogP contribution in [0.3, 0.4) is 0 Å². The van der Waals surface area contributed by atoms with E-state index < -0.39 is 0 Å². The number of rotatable bonds is 6. The second-order valence-electron chi connectivity index (χ2n) is 7.26. The summed E-state index contributed by atoms with van der Waals surface area (Å²) in [6.45, 7) is 1.62. The van der Waals surface area contributed by atoms with Gasteiger partial charge in [0, 0.05) is 40.7 Å². The Morgan fingerprint density at radius 3 is 2.17 bits per heavy atom. The maximum Gasteiger partial charge on any atom is 0.261 e. The van der Waals surface area contributed by atoms with Crippen molar-refractivity contribution in [2.24, 2.45) is 0 Å². The van der Waals surface area contributed by atoms with Gasteiger partial charge >= 0.3 is 0 Å². The highest BCUT2D eigenvalue weighted by atomic mass is 16.2. The number of hydrogen-bond acceptors (Lipinski definition) is 4. The van der Waals surface area contributed by atoms with Crippen LogP contribution in [0.4, 0.5) is 5.69 Å². The van der Waals surface area contributed by atoms with Crippen molar-refractivity contribution in [3.8, 4) is 0 Å². The van der Waals surface area contributed by atoms with Crippen LogP contribution in [-0.2, 0) is 4.79 Å². The fourth-order valence-electron chi connectivity index (χ4n) is 3.72. The van der Waals surface area contributed by atoms with E-state index in [0.29, 0.717) is 34.2 Å². The second-order valence-corrected chi connectivity index (χ2v) is 7.26. The van der Waals surface area contributed by atoms with Crippen LogP contribution in [0, 0.1) is 0 Å². The molecule has 4 rings (SSSR count). The Balaban J connectivity index is 1.41. The Labute approximate surface area is 173 Å². The lowest BCUT2D eigenvalue weighted by molar-refractivity contribution is -0.116. The average Bonchev–Trinajstić information content (AvgIpc) is 2.74. The van der Waals surface area contributed by atoms with Crippen molar-refractivity contribution < 1.29 is 19.2 Å². The Morgan fingerprint density at radius 2 is 1.53 bits per heavy atom. The summed E-state index contributed by atoms with van der Waals surface area (Å²) in [4.78, 5) is 50.6. The number of carbonyl (C=O) groups excluding carboxylic acids is 4. The van der Waals surface area contributed by atoms with Gasteiger partial charge in [-0.15, -0.1) is 0 Å². The Bertz CT molecular complexity index is 1150. The van der Waals surface area contributed by atoms with Gasteiger partial charge in [0.1, 0.15) is 0 Å². The lowest BCUT2D eigenvalue weighted by atomic mass is 9.94. The molecule has 0 spiro atoms. The highest BCUT2D eigenvalue weighted by molar-refractivity contribution is 6.25. The standard InChI is InChI=1S/C24H20N2O4/c1-15(27)17-8-2-9-18(14-17)25-21(28)12-5-13-26-23(29)19-10-3-6-16-7-4-11-20(22(16)19)24(26)30/h2-4,6-11,14H,5,12-13H2,1H3,(H,25,28). The number of nitrogens with zero attached hydrogens (tertiary/aromatic N) is 1. The molecule has 0 aliphatic carbocycles. The van der Waals surface area contributed by atoms with Gasteiger partial charge in [-0.05, 0) is 43.0 Å². The number of imide groups is 1. The molecule has 3 amide bonds. The van der Waals surface area contributed by atoms with E-state index in [-0.39, 0.29) is 36.5 Å². The zero-order chi connectivity index (χ0) is 21.3. The van der Waals surface area contributed by atoms with Crippen LogP contribution < -0.4 is 5.32 Å². The van der Waals surface area contributed by atoms with Crippen molar-refractivity contribution in [2.45, 2.75) is 19.8 Å². The van der Waals surface area contributed by atoms with Gasteiger partial charge in [-0.2, -0.15) is 0 Å². The third kappa shape index (κ3) is 3.59. The van der Waals surface area contributed by atoms with Crippen molar-refractivity contribution in [2.75, 3.05) is 11.9 Å². The van der Waals surface area contributed by atoms with E-state index in [9.17, 15) is 19.2 Å². The molecule has 6 nitrogen and oxygen atoms in total. The topological polar surface area (TPSA) is 83.6 Å². The van der Waals surface area contributed by atoms with Crippen LogP contribution >= 0.6 is 0 Å². The molecule has 1 heterocycles. The molecule has 1 N–H and O–H groups in total. The molecule has 150 valence electrons. The number of hydrogen-bond donors (Lipinski definition) is 1. The largest absolute Gasteiger partial charge is 0.326 e. The van der Waals surface area contributed by atoms with Gasteiger partial charge in [0.2, 0.25) is 5.91 Å². The van der Waals surface area contributed by atoms with Gasteiger partial charge in [0.05, 0.1) is 0 Å². The lowest BCUT2D eigenvalue weighted by Crippen LogP contribution is -2.41. The number of benzene rings is 3. The van der Waals surface area contributed by atoms with Crippen LogP contribution in [0.15, 0.2) is 60.7 Å². The summed E-state index contributed by atoms with van der Waals surface area (Å²) in [6, 6.07) is 17.5. The Hall–Kier alpha value is -3.80. The summed E-state index contributed by atoms with van der Waals surface area (Å²) in [5.74, 6) is -0.989. The average molecular weight is 400 g/mol. The van der Waals surface area contributed by atoms with Gasteiger partial charge < -0.3 is 5.32 Å². The molecule has 30 heavy (non-hydrogen) atoms. The van der Waals surface area contributed by atoms with Crippen LogP contribution in [0.2, 0.25) is 0 Å². The molecule has 3 aromatic rings. The summed E-state index contributed by atoms with van der Waals surface area (Å²) in [7, 11) is 0. The normalized spacial score (nSPS) is 12.9. The molecule has 0 atom stereocenters. The molecule has 1 aliphatic rings. The maximum atomic E-state index is 12.9. The molecule has 0 saturated carbocycles. The zero-order valence-corrected chi connectivity index (χ0v) is 16.5. The summed E-state index contributed by atoms with van der Waals surface area (Å²) in [6.07, 6.45) is 0.487. The highest BCUT2D eigenvalue weighted by Crippen LogP contribution is 2.30. The first-order valence-electron chi connectivity index (χ1n) is 9.74. The molecule has 0 radical (unpaired) electrons. The predicted octanol–water partition coefficient (Wildman–Crippen LogP) is 4.06. The molecule has 0 fully saturated rings. The van der Waals surface area contributed by atoms with Crippen molar-refractivity contribution in [3.05, 3.63) is 77.4 Å². The van der Waals surface area contributed by atoms with E-state index in [1.165, 1.54) is 11.8 Å². The number of amides is 3. The summed E-state index contributed by atoms with van der Waals surface area (Å²) < 4.78 is 0. The smallest absolute Gasteiger partial charge is 0.261 e. The minimum atomic E-state index is -0.334. The predicted molar refractivity (Wildman–Crippen MR) is 114 cm³/mol. The first-order chi connectivity index (χ1) is 14.5. The minimum absolute atomic E-state index is 0.0801. The van der Waals surface area contributed by atoms with E-state index in [4.69, 9.17) is 0 Å². The first-order valence-corrected chi connectivity index (χ1v) is 9.74. The molecular formula is C24H20N2O4. The summed E-state index contributed by atoms with van der Waals surface area (Å²) in [5.41, 5.74) is 2.07. The van der Waals surface area contributed by atoms with Gasteiger partial charge in [-0.1, -0.05) is 36.4 Å². The number of carbonyl (C=O) groups is 4. The van der Waals surface area contributed by atoms with Crippen LogP contribution in [-0.4, -0.2) is 34.9 Å². The molecule has 0 saturated heterocycles. The number of nitrogens with one attached hydrogen (secondary N) is 1. The van der Waals surface area contributed by atoms with Gasteiger partial charge in [0.15, 0.2) is 5.78 Å². The van der Waals surface area contributed by atoms with E-state index in [1.54, 1.807) is 48.5 Å². The van der Waals surface area contributed by atoms with Crippen LogP contribution in [0.25, 0.3) is 10.8 Å². The quantitative estimate of drug-likeness (QED) is 0.500. The molecule has 0 bridgehead atoms. The molecule has 3 aromatic carbocycles. The monoisotopic (exact) mass is 400 g/mol. The summed E-state index contributed by atoms with van der Waals surface area (Å²) in [5, 5.41) is 4.30. The summed E-state index contributed by atoms with van der Waals surface area (Å²) >= 11 is 0. The number of anilines is 1. The minimum Gasteiger partial charge on any atom is -0.326 e. The Kier molecular flexibility index (Phi) is 5.14. The Morgan fingerprint density at radius 1 is 0.900 bits per heavy atom. The molecule has 1 aliphatic heterocycles. The fourth-order valence-corrected chi connectivity index (χ4v) is 3.72. The maximum absolute atomic E-state index is 12.9. The molecule has 0 unspecified atom stereocenters. The molecule has 6 heteroatoms. The number of Topliss-reactive ketones (excluding diaryl/α,β-unsaturated/α-hetero) is 1. The van der Waals surface area contributed by atoms with Crippen molar-refractivity contribution in [1.82, 2.24) is 4.90 Å². The van der Waals surface area contributed by atoms with Crippen molar-refractivity contribution in [1.29, 1.82) is 0 Å². The van der Waals surface area contributed by atoms with E-state index in [2.05, 4.69) is 5.32 Å². The van der Waals surface area contributed by atoms with Crippen molar-refractivity contribution >= 4 is 40.0 Å². The second kappa shape index (κ2) is 7.91. The number of ketones is 1. The van der Waals surface area contributed by atoms with Gasteiger partial charge in [-0.3, -0.25) is 24.1 Å². The fraction of sp³-hybridized carbons (Fsp3) is 0.167. The third-order valence-corrected chi connectivity index (χ3v) is 5.19. The van der Waals surface area contributed by atoms with E-state index in [1.807, 2.05) is 12.1 Å². The SMILES string of the molecule is CC(=O)c1cccc(NC(=O)CCCN2C(=O)c3cccc4cccc(c34)C2=O)c1. The highest BCUT2D eigenvalue weighted by Gasteiger charge is 2.32. The van der Waals surface area contributed by atoms with Gasteiger partial charge in [0.25, 0.3) is 11.8 Å². The molecular weight excluding hydrogens is 380 g/mol. The van der Waals surface area contributed by atoms with Crippen LogP contribution in [0.1, 0.15) is 50.8 Å². The van der Waals surface area contributed by atoms with Crippen molar-refractivity contribution in [3.63, 3.8) is 0 Å². The van der Waals surface area contributed by atoms with E-state index >= 15 is 0 Å². The van der Waals surface area contributed by atoms with E-state index in [0.717, 1.165) is 5.39 Å². The first kappa shape index (κ1) is 19.5.